The fourth-order valence-electron chi connectivity index (χ4n) is 2.34. The highest BCUT2D eigenvalue weighted by molar-refractivity contribution is 5.94. The standard InChI is InChI=1S/C20H14F3N3O/c21-20(22,23)17-5-1-3-15(13-17)4-2-10-25-19(27)16-6-8-18(9-7-16)26-12-11-24-14-26/h1,3,5-9,11-14H,10H2,(H,25,27). The second-order valence-corrected chi connectivity index (χ2v) is 5.58. The van der Waals surface area contributed by atoms with Crippen LogP contribution < -0.4 is 5.32 Å². The third-order valence-electron chi connectivity index (χ3n) is 3.69. The lowest BCUT2D eigenvalue weighted by atomic mass is 10.1. The molecule has 0 aliphatic heterocycles. The lowest BCUT2D eigenvalue weighted by Crippen LogP contribution is -2.23. The number of rotatable bonds is 3. The summed E-state index contributed by atoms with van der Waals surface area (Å²) in [5.41, 5.74) is 0.813. The van der Waals surface area contributed by atoms with Gasteiger partial charge in [-0.15, -0.1) is 0 Å². The molecular formula is C20H14F3N3O. The van der Waals surface area contributed by atoms with Crippen LogP contribution in [0.3, 0.4) is 0 Å². The maximum Gasteiger partial charge on any atom is 0.416 e. The van der Waals surface area contributed by atoms with Crippen LogP contribution in [0.25, 0.3) is 5.69 Å². The second kappa shape index (κ2) is 7.79. The Morgan fingerprint density at radius 2 is 1.93 bits per heavy atom. The van der Waals surface area contributed by atoms with Crippen molar-refractivity contribution in [1.29, 1.82) is 0 Å². The van der Waals surface area contributed by atoms with Gasteiger partial charge in [-0.3, -0.25) is 4.79 Å². The molecule has 0 bridgehead atoms. The Labute approximate surface area is 153 Å². The van der Waals surface area contributed by atoms with Gasteiger partial charge in [0.05, 0.1) is 18.4 Å². The molecule has 1 N–H and O–H groups in total. The van der Waals surface area contributed by atoms with Gasteiger partial charge in [0.25, 0.3) is 5.91 Å². The summed E-state index contributed by atoms with van der Waals surface area (Å²) in [6, 6.07) is 11.7. The van der Waals surface area contributed by atoms with Crippen molar-refractivity contribution in [1.82, 2.24) is 14.9 Å². The van der Waals surface area contributed by atoms with E-state index in [-0.39, 0.29) is 18.0 Å². The first-order chi connectivity index (χ1) is 12.9. The Bertz CT molecular complexity index is 982. The highest BCUT2D eigenvalue weighted by atomic mass is 19.4. The zero-order chi connectivity index (χ0) is 19.3. The molecule has 0 fully saturated rings. The van der Waals surface area contributed by atoms with Crippen LogP contribution in [-0.4, -0.2) is 22.0 Å². The van der Waals surface area contributed by atoms with E-state index in [1.54, 1.807) is 43.0 Å². The van der Waals surface area contributed by atoms with E-state index in [9.17, 15) is 18.0 Å². The Balaban J connectivity index is 1.58. The van der Waals surface area contributed by atoms with Gasteiger partial charge in [0, 0.05) is 29.2 Å². The van der Waals surface area contributed by atoms with E-state index >= 15 is 0 Å². The molecule has 0 atom stereocenters. The quantitative estimate of drug-likeness (QED) is 0.716. The number of nitrogens with zero attached hydrogens (tertiary/aromatic N) is 2. The number of amides is 1. The van der Waals surface area contributed by atoms with Gasteiger partial charge in [-0.25, -0.2) is 4.98 Å². The van der Waals surface area contributed by atoms with Crippen molar-refractivity contribution >= 4 is 5.91 Å². The SMILES string of the molecule is O=C(NCC#Cc1cccc(C(F)(F)F)c1)c1ccc(-n2ccnc2)cc1. The Morgan fingerprint density at radius 1 is 1.15 bits per heavy atom. The monoisotopic (exact) mass is 369 g/mol. The zero-order valence-electron chi connectivity index (χ0n) is 14.0. The van der Waals surface area contributed by atoms with E-state index < -0.39 is 11.7 Å². The van der Waals surface area contributed by atoms with E-state index in [1.165, 1.54) is 12.1 Å². The minimum absolute atomic E-state index is 0.0261. The van der Waals surface area contributed by atoms with Crippen LogP contribution >= 0.6 is 0 Å². The molecule has 27 heavy (non-hydrogen) atoms. The van der Waals surface area contributed by atoms with Gasteiger partial charge in [0.1, 0.15) is 0 Å². The van der Waals surface area contributed by atoms with Crippen molar-refractivity contribution in [3.8, 4) is 17.5 Å². The number of alkyl halides is 3. The molecule has 2 aromatic carbocycles. The van der Waals surface area contributed by atoms with Crippen molar-refractivity contribution in [3.63, 3.8) is 0 Å². The highest BCUT2D eigenvalue weighted by Gasteiger charge is 2.30. The Kier molecular flexibility index (Phi) is 5.27. The minimum Gasteiger partial charge on any atom is -0.341 e. The number of carbonyl (C=O) groups is 1. The van der Waals surface area contributed by atoms with Crippen LogP contribution in [-0.2, 0) is 6.18 Å². The summed E-state index contributed by atoms with van der Waals surface area (Å²) in [7, 11) is 0. The molecule has 4 nitrogen and oxygen atoms in total. The maximum absolute atomic E-state index is 12.7. The summed E-state index contributed by atoms with van der Waals surface area (Å²) in [6.07, 6.45) is 0.690. The second-order valence-electron chi connectivity index (χ2n) is 5.58. The molecule has 1 amide bonds. The summed E-state index contributed by atoms with van der Waals surface area (Å²) in [4.78, 5) is 16.0. The first-order valence-electron chi connectivity index (χ1n) is 7.96. The van der Waals surface area contributed by atoms with Crippen LogP contribution in [0.5, 0.6) is 0 Å². The lowest BCUT2D eigenvalue weighted by Gasteiger charge is -2.06. The van der Waals surface area contributed by atoms with Crippen molar-refractivity contribution in [3.05, 3.63) is 83.9 Å². The van der Waals surface area contributed by atoms with Gasteiger partial charge in [-0.2, -0.15) is 13.2 Å². The van der Waals surface area contributed by atoms with E-state index in [1.807, 2.05) is 4.57 Å². The molecule has 0 aliphatic carbocycles. The molecule has 0 aliphatic rings. The van der Waals surface area contributed by atoms with Crippen LogP contribution in [0.15, 0.2) is 67.3 Å². The smallest absolute Gasteiger partial charge is 0.341 e. The first kappa shape index (κ1) is 18.3. The molecule has 0 spiro atoms. The average molecular weight is 369 g/mol. The van der Waals surface area contributed by atoms with Crippen molar-refractivity contribution in [2.75, 3.05) is 6.54 Å². The number of imidazole rings is 1. The topological polar surface area (TPSA) is 46.9 Å². The number of hydrogen-bond donors (Lipinski definition) is 1. The van der Waals surface area contributed by atoms with E-state index in [0.717, 1.165) is 17.8 Å². The van der Waals surface area contributed by atoms with Crippen LogP contribution in [0.2, 0.25) is 0 Å². The number of carbonyl (C=O) groups excluding carboxylic acids is 1. The van der Waals surface area contributed by atoms with Crippen molar-refractivity contribution in [2.45, 2.75) is 6.18 Å². The van der Waals surface area contributed by atoms with E-state index in [4.69, 9.17) is 0 Å². The van der Waals surface area contributed by atoms with Gasteiger partial charge in [-0.05, 0) is 42.5 Å². The summed E-state index contributed by atoms with van der Waals surface area (Å²) >= 11 is 0. The molecule has 7 heteroatoms. The third kappa shape index (κ3) is 4.76. The minimum atomic E-state index is -4.41. The van der Waals surface area contributed by atoms with Crippen LogP contribution in [0, 0.1) is 11.8 Å². The van der Waals surface area contributed by atoms with E-state index in [0.29, 0.717) is 5.56 Å². The summed E-state index contributed by atoms with van der Waals surface area (Å²) in [6.45, 7) is 0.0261. The fraction of sp³-hybridized carbons (Fsp3) is 0.100. The number of benzene rings is 2. The van der Waals surface area contributed by atoms with Gasteiger partial charge < -0.3 is 9.88 Å². The normalized spacial score (nSPS) is 10.8. The predicted molar refractivity (Wildman–Crippen MR) is 94.2 cm³/mol. The van der Waals surface area contributed by atoms with Gasteiger partial charge in [-0.1, -0.05) is 17.9 Å². The molecule has 3 rings (SSSR count). The summed E-state index contributed by atoms with van der Waals surface area (Å²) in [5.74, 6) is 4.96. The van der Waals surface area contributed by atoms with Gasteiger partial charge >= 0.3 is 6.18 Å². The molecule has 0 unspecified atom stereocenters. The zero-order valence-corrected chi connectivity index (χ0v) is 14.0. The third-order valence-corrected chi connectivity index (χ3v) is 3.69. The highest BCUT2D eigenvalue weighted by Crippen LogP contribution is 2.29. The van der Waals surface area contributed by atoms with Crippen LogP contribution in [0.1, 0.15) is 21.5 Å². The molecule has 3 aromatic rings. The molecule has 136 valence electrons. The summed E-state index contributed by atoms with van der Waals surface area (Å²) in [5, 5.41) is 2.61. The molecule has 0 saturated heterocycles. The number of hydrogen-bond acceptors (Lipinski definition) is 2. The molecule has 1 aromatic heterocycles. The summed E-state index contributed by atoms with van der Waals surface area (Å²) < 4.78 is 39.8. The predicted octanol–water partition coefficient (Wildman–Crippen LogP) is 3.67. The Hall–Kier alpha value is -3.53. The molecule has 1 heterocycles. The number of halogens is 3. The van der Waals surface area contributed by atoms with Gasteiger partial charge in [0.15, 0.2) is 0 Å². The van der Waals surface area contributed by atoms with E-state index in [2.05, 4.69) is 22.1 Å². The largest absolute Gasteiger partial charge is 0.416 e. The number of nitrogens with one attached hydrogen (secondary N) is 1. The Morgan fingerprint density at radius 3 is 2.59 bits per heavy atom. The van der Waals surface area contributed by atoms with Crippen molar-refractivity contribution in [2.24, 2.45) is 0 Å². The average Bonchev–Trinajstić information content (AvgIpc) is 3.19. The van der Waals surface area contributed by atoms with Crippen LogP contribution in [0.4, 0.5) is 13.2 Å². The number of aromatic nitrogens is 2. The maximum atomic E-state index is 12.7. The first-order valence-corrected chi connectivity index (χ1v) is 7.96. The van der Waals surface area contributed by atoms with Crippen molar-refractivity contribution < 1.29 is 18.0 Å². The lowest BCUT2D eigenvalue weighted by molar-refractivity contribution is -0.137. The molecule has 0 saturated carbocycles. The molecule has 0 radical (unpaired) electrons. The fourth-order valence-corrected chi connectivity index (χ4v) is 2.34. The molecular weight excluding hydrogens is 355 g/mol. The van der Waals surface area contributed by atoms with Gasteiger partial charge in [0.2, 0.25) is 0 Å².